The van der Waals surface area contributed by atoms with Crippen LogP contribution in [0.3, 0.4) is 0 Å². The number of likely N-dealkylation sites (N-methyl/N-ethyl adjacent to an activating group) is 1. The summed E-state index contributed by atoms with van der Waals surface area (Å²) in [5, 5.41) is 19.9. The van der Waals surface area contributed by atoms with E-state index in [-0.39, 0.29) is 12.6 Å². The third-order valence-corrected chi connectivity index (χ3v) is 4.26. The summed E-state index contributed by atoms with van der Waals surface area (Å²) in [4.78, 5) is 5.43. The predicted octanol–water partition coefficient (Wildman–Crippen LogP) is 2.37. The molecule has 2 N–H and O–H groups in total. The fourth-order valence-corrected chi connectivity index (χ4v) is 3.29. The largest absolute Gasteiger partial charge is 0.394 e. The van der Waals surface area contributed by atoms with Crippen LogP contribution in [0.5, 0.6) is 0 Å². The summed E-state index contributed by atoms with van der Waals surface area (Å²) in [6.45, 7) is 3.22. The van der Waals surface area contributed by atoms with E-state index in [2.05, 4.69) is 29.0 Å². The first kappa shape index (κ1) is 13.9. The van der Waals surface area contributed by atoms with Gasteiger partial charge in [-0.3, -0.25) is 4.90 Å². The van der Waals surface area contributed by atoms with Crippen molar-refractivity contribution in [3.05, 3.63) is 41.6 Å². The number of H-pyrrole nitrogens is 1. The zero-order valence-electron chi connectivity index (χ0n) is 12.3. The van der Waals surface area contributed by atoms with Crippen molar-refractivity contribution >= 4 is 16.5 Å². The second-order valence-electron chi connectivity index (χ2n) is 5.78. The van der Waals surface area contributed by atoms with Gasteiger partial charge in [0.2, 0.25) is 0 Å². The number of aromatic amines is 1. The number of aliphatic hydroxyl groups excluding tert-OH is 1. The van der Waals surface area contributed by atoms with Crippen LogP contribution < -0.4 is 0 Å². The number of rotatable bonds is 2. The Morgan fingerprint density at radius 2 is 2.24 bits per heavy atom. The van der Waals surface area contributed by atoms with Gasteiger partial charge in [-0.25, -0.2) is 0 Å². The molecule has 2 heterocycles. The van der Waals surface area contributed by atoms with E-state index in [0.29, 0.717) is 11.5 Å². The van der Waals surface area contributed by atoms with Crippen LogP contribution in [0.2, 0.25) is 0 Å². The van der Waals surface area contributed by atoms with E-state index in [0.717, 1.165) is 28.6 Å². The van der Waals surface area contributed by atoms with Crippen molar-refractivity contribution in [1.82, 2.24) is 9.88 Å². The van der Waals surface area contributed by atoms with E-state index in [1.807, 2.05) is 31.4 Å². The maximum Gasteiger partial charge on any atom is 0.0998 e. The number of hydrogen-bond donors (Lipinski definition) is 2. The minimum atomic E-state index is 0.000589. The van der Waals surface area contributed by atoms with Gasteiger partial charge >= 0.3 is 0 Å². The summed E-state index contributed by atoms with van der Waals surface area (Å²) in [6.07, 6.45) is 4.10. The Bertz CT molecular complexity index is 738. The van der Waals surface area contributed by atoms with E-state index in [1.54, 1.807) is 0 Å². The third kappa shape index (κ3) is 2.25. The van der Waals surface area contributed by atoms with Gasteiger partial charge in [-0.1, -0.05) is 19.1 Å². The van der Waals surface area contributed by atoms with Gasteiger partial charge in [-0.2, -0.15) is 5.26 Å². The second-order valence-corrected chi connectivity index (χ2v) is 5.78. The van der Waals surface area contributed by atoms with Crippen LogP contribution in [0, 0.1) is 17.2 Å². The Balaban J connectivity index is 2.20. The predicted molar refractivity (Wildman–Crippen MR) is 83.7 cm³/mol. The average molecular weight is 281 g/mol. The number of nitriles is 1. The number of nitrogens with one attached hydrogen (secondary N) is 1. The number of aromatic nitrogens is 1. The lowest BCUT2D eigenvalue weighted by atomic mass is 9.88. The maximum absolute atomic E-state index is 9.76. The smallest absolute Gasteiger partial charge is 0.0998 e. The van der Waals surface area contributed by atoms with E-state index in [1.165, 1.54) is 0 Å². The normalized spacial score (nSPS) is 23.0. The molecule has 0 amide bonds. The number of benzene rings is 1. The molecule has 4 heteroatoms. The van der Waals surface area contributed by atoms with E-state index in [9.17, 15) is 10.4 Å². The molecule has 108 valence electrons. The summed E-state index contributed by atoms with van der Waals surface area (Å²) >= 11 is 0. The molecular formula is C17H19N3O. The molecule has 1 unspecified atom stereocenters. The second kappa shape index (κ2) is 5.36. The van der Waals surface area contributed by atoms with E-state index < -0.39 is 0 Å². The van der Waals surface area contributed by atoms with Crippen molar-refractivity contribution in [3.8, 4) is 6.07 Å². The molecule has 2 aromatic rings. The molecule has 1 aromatic carbocycles. The number of nitrogens with zero attached hydrogens (tertiary/aromatic N) is 2. The van der Waals surface area contributed by atoms with Gasteiger partial charge in [-0.05, 0) is 30.7 Å². The lowest BCUT2D eigenvalue weighted by Gasteiger charge is -2.35. The Morgan fingerprint density at radius 1 is 1.43 bits per heavy atom. The molecule has 0 radical (unpaired) electrons. The van der Waals surface area contributed by atoms with Gasteiger partial charge < -0.3 is 10.1 Å². The average Bonchev–Trinajstić information content (AvgIpc) is 2.95. The van der Waals surface area contributed by atoms with Crippen LogP contribution in [0.25, 0.3) is 16.5 Å². The zero-order chi connectivity index (χ0) is 15.0. The zero-order valence-corrected chi connectivity index (χ0v) is 12.3. The minimum absolute atomic E-state index is 0.000589. The molecule has 0 bridgehead atoms. The molecular weight excluding hydrogens is 262 g/mol. The van der Waals surface area contributed by atoms with Crippen LogP contribution in [-0.2, 0) is 0 Å². The molecule has 0 aliphatic carbocycles. The SMILES string of the molecule is CC1C=C(c2ccc(C#N)c3cc[nH]c23)[C@@H](CO)N(C)C1. The van der Waals surface area contributed by atoms with Gasteiger partial charge in [0, 0.05) is 23.7 Å². The first-order chi connectivity index (χ1) is 10.2. The Morgan fingerprint density at radius 3 is 2.95 bits per heavy atom. The number of hydrogen-bond acceptors (Lipinski definition) is 3. The molecule has 0 fully saturated rings. The van der Waals surface area contributed by atoms with Crippen molar-refractivity contribution in [3.63, 3.8) is 0 Å². The van der Waals surface area contributed by atoms with Gasteiger partial charge in [0.05, 0.1) is 29.8 Å². The molecule has 1 aromatic heterocycles. The standard InChI is InChI=1S/C17H19N3O/c1-11-7-15(16(10-21)20(2)9-11)14-4-3-12(8-18)13-5-6-19-17(13)14/h3-7,11,16,19,21H,9-10H2,1-2H3/t11?,16-/m1/s1. The molecule has 1 aliphatic heterocycles. The highest BCUT2D eigenvalue weighted by atomic mass is 16.3. The quantitative estimate of drug-likeness (QED) is 0.888. The number of fused-ring (bicyclic) bond motifs is 1. The molecule has 2 atom stereocenters. The summed E-state index contributed by atoms with van der Waals surface area (Å²) in [6, 6.07) is 8.01. The highest BCUT2D eigenvalue weighted by Gasteiger charge is 2.27. The molecule has 0 saturated heterocycles. The Kier molecular flexibility index (Phi) is 3.54. The third-order valence-electron chi connectivity index (χ3n) is 4.26. The molecule has 1 aliphatic rings. The van der Waals surface area contributed by atoms with Crippen molar-refractivity contribution in [2.75, 3.05) is 20.2 Å². The minimum Gasteiger partial charge on any atom is -0.394 e. The highest BCUT2D eigenvalue weighted by molar-refractivity contribution is 5.95. The molecule has 0 saturated carbocycles. The lowest BCUT2D eigenvalue weighted by Crippen LogP contribution is -2.41. The van der Waals surface area contributed by atoms with Crippen molar-refractivity contribution < 1.29 is 5.11 Å². The van der Waals surface area contributed by atoms with Gasteiger partial charge in [-0.15, -0.1) is 0 Å². The van der Waals surface area contributed by atoms with Crippen LogP contribution in [0.1, 0.15) is 18.1 Å². The van der Waals surface area contributed by atoms with Crippen LogP contribution >= 0.6 is 0 Å². The lowest BCUT2D eigenvalue weighted by molar-refractivity contribution is 0.167. The summed E-state index contributed by atoms with van der Waals surface area (Å²) in [5.41, 5.74) is 3.86. The van der Waals surface area contributed by atoms with Crippen LogP contribution in [0.4, 0.5) is 0 Å². The summed E-state index contributed by atoms with van der Waals surface area (Å²) in [7, 11) is 2.04. The highest BCUT2D eigenvalue weighted by Crippen LogP contribution is 2.33. The van der Waals surface area contributed by atoms with E-state index in [4.69, 9.17) is 0 Å². The molecule has 3 rings (SSSR count). The molecule has 21 heavy (non-hydrogen) atoms. The van der Waals surface area contributed by atoms with Gasteiger partial charge in [0.25, 0.3) is 0 Å². The monoisotopic (exact) mass is 281 g/mol. The van der Waals surface area contributed by atoms with Crippen molar-refractivity contribution in [2.45, 2.75) is 13.0 Å². The van der Waals surface area contributed by atoms with Crippen molar-refractivity contribution in [2.24, 2.45) is 5.92 Å². The van der Waals surface area contributed by atoms with Gasteiger partial charge in [0.15, 0.2) is 0 Å². The van der Waals surface area contributed by atoms with Crippen LogP contribution in [0.15, 0.2) is 30.5 Å². The Labute approximate surface area is 124 Å². The van der Waals surface area contributed by atoms with Crippen LogP contribution in [-0.4, -0.2) is 41.2 Å². The van der Waals surface area contributed by atoms with E-state index >= 15 is 0 Å². The fourth-order valence-electron chi connectivity index (χ4n) is 3.29. The first-order valence-corrected chi connectivity index (χ1v) is 7.19. The maximum atomic E-state index is 9.76. The Hall–Kier alpha value is -2.09. The first-order valence-electron chi connectivity index (χ1n) is 7.19. The summed E-state index contributed by atoms with van der Waals surface area (Å²) in [5.74, 6) is 0.438. The van der Waals surface area contributed by atoms with Crippen molar-refractivity contribution in [1.29, 1.82) is 5.26 Å². The number of aliphatic hydroxyl groups is 1. The van der Waals surface area contributed by atoms with Gasteiger partial charge in [0.1, 0.15) is 0 Å². The topological polar surface area (TPSA) is 63.1 Å². The molecule has 4 nitrogen and oxygen atoms in total. The summed E-state index contributed by atoms with van der Waals surface area (Å²) < 4.78 is 0. The molecule has 0 spiro atoms. The fraction of sp³-hybridized carbons (Fsp3) is 0.353.